The summed E-state index contributed by atoms with van der Waals surface area (Å²) >= 11 is 11.9. The number of rotatable bonds is 5. The Morgan fingerprint density at radius 2 is 1.92 bits per heavy atom. The number of carbonyl (C=O) groups is 1. The van der Waals surface area contributed by atoms with Crippen molar-refractivity contribution in [3.8, 4) is 11.8 Å². The molecule has 0 unspecified atom stereocenters. The van der Waals surface area contributed by atoms with Crippen LogP contribution in [0.2, 0.25) is 10.0 Å². The second kappa shape index (κ2) is 8.45. The van der Waals surface area contributed by atoms with Gasteiger partial charge in [-0.1, -0.05) is 35.0 Å². The summed E-state index contributed by atoms with van der Waals surface area (Å²) in [4.78, 5) is 10.6. The second-order valence-electron chi connectivity index (χ2n) is 5.40. The fourth-order valence-corrected chi connectivity index (χ4v) is 3.48. The van der Waals surface area contributed by atoms with E-state index in [4.69, 9.17) is 28.3 Å². The summed E-state index contributed by atoms with van der Waals surface area (Å²) < 4.78 is 27.7. The van der Waals surface area contributed by atoms with Crippen LogP contribution in [0.5, 0.6) is 0 Å². The van der Waals surface area contributed by atoms with E-state index in [2.05, 4.69) is 16.6 Å². The monoisotopic (exact) mass is 411 g/mol. The van der Waals surface area contributed by atoms with Gasteiger partial charge in [0.25, 0.3) is 10.0 Å². The van der Waals surface area contributed by atoms with Crippen molar-refractivity contribution >= 4 is 44.9 Å². The Morgan fingerprint density at radius 1 is 1.19 bits per heavy atom. The first kappa shape index (κ1) is 20.1. The SMILES string of the molecule is Cc1cc(S(=O)(=O)Nc2ccc(Cl)cc2C#CCCC(=O)O)ccc1Cl. The standard InChI is InChI=1S/C18H15Cl2NO4S/c1-12-10-15(7-8-16(12)20)26(24,25)21-17-9-6-14(19)11-13(17)4-2-3-5-18(22)23/h6-11,21H,3,5H2,1H3,(H,22,23). The molecular formula is C18H15Cl2NO4S. The fourth-order valence-electron chi connectivity index (χ4n) is 2.02. The summed E-state index contributed by atoms with van der Waals surface area (Å²) in [7, 11) is -3.85. The first-order chi connectivity index (χ1) is 12.2. The summed E-state index contributed by atoms with van der Waals surface area (Å²) in [6, 6.07) is 8.95. The van der Waals surface area contributed by atoms with Crippen LogP contribution in [0, 0.1) is 18.8 Å². The first-order valence-electron chi connectivity index (χ1n) is 7.48. The lowest BCUT2D eigenvalue weighted by Gasteiger charge is -2.11. The number of nitrogens with one attached hydrogen (secondary N) is 1. The zero-order chi connectivity index (χ0) is 19.3. The van der Waals surface area contributed by atoms with Crippen molar-refractivity contribution in [2.75, 3.05) is 4.72 Å². The van der Waals surface area contributed by atoms with E-state index in [9.17, 15) is 13.2 Å². The Balaban J connectivity index is 2.33. The summed E-state index contributed by atoms with van der Waals surface area (Å²) in [6.45, 7) is 1.71. The lowest BCUT2D eigenvalue weighted by molar-refractivity contribution is -0.136. The highest BCUT2D eigenvalue weighted by atomic mass is 35.5. The highest BCUT2D eigenvalue weighted by molar-refractivity contribution is 7.92. The predicted octanol–water partition coefficient (Wildman–Crippen LogP) is 4.32. The molecule has 0 aliphatic rings. The number of halogens is 2. The number of carboxylic acid groups (broad SMARTS) is 1. The highest BCUT2D eigenvalue weighted by Gasteiger charge is 2.17. The molecule has 0 radical (unpaired) electrons. The Bertz CT molecular complexity index is 1010. The molecular weight excluding hydrogens is 397 g/mol. The molecule has 136 valence electrons. The normalized spacial score (nSPS) is 10.7. The molecule has 0 aliphatic carbocycles. The molecule has 5 nitrogen and oxygen atoms in total. The molecule has 0 atom stereocenters. The number of carboxylic acids is 1. The van der Waals surface area contributed by atoms with E-state index >= 15 is 0 Å². The van der Waals surface area contributed by atoms with Crippen molar-refractivity contribution in [2.45, 2.75) is 24.7 Å². The van der Waals surface area contributed by atoms with E-state index in [1.165, 1.54) is 36.4 Å². The van der Waals surface area contributed by atoms with Gasteiger partial charge in [0.2, 0.25) is 0 Å². The van der Waals surface area contributed by atoms with Gasteiger partial charge < -0.3 is 5.11 Å². The molecule has 0 heterocycles. The molecule has 2 N–H and O–H groups in total. The van der Waals surface area contributed by atoms with Gasteiger partial charge in [0.05, 0.1) is 22.6 Å². The van der Waals surface area contributed by atoms with Crippen molar-refractivity contribution in [3.63, 3.8) is 0 Å². The van der Waals surface area contributed by atoms with Crippen LogP contribution in [-0.2, 0) is 14.8 Å². The molecule has 2 rings (SSSR count). The van der Waals surface area contributed by atoms with Gasteiger partial charge in [-0.2, -0.15) is 0 Å². The second-order valence-corrected chi connectivity index (χ2v) is 7.93. The smallest absolute Gasteiger partial charge is 0.304 e. The molecule has 26 heavy (non-hydrogen) atoms. The van der Waals surface area contributed by atoms with Crippen LogP contribution in [0.1, 0.15) is 24.0 Å². The quantitative estimate of drug-likeness (QED) is 0.717. The number of benzene rings is 2. The van der Waals surface area contributed by atoms with E-state index < -0.39 is 16.0 Å². The molecule has 2 aromatic rings. The molecule has 8 heteroatoms. The lowest BCUT2D eigenvalue weighted by Crippen LogP contribution is -2.14. The summed E-state index contributed by atoms with van der Waals surface area (Å²) in [5.74, 6) is 4.50. The molecule has 2 aromatic carbocycles. The van der Waals surface area contributed by atoms with Crippen molar-refractivity contribution in [2.24, 2.45) is 0 Å². The van der Waals surface area contributed by atoms with Crippen molar-refractivity contribution in [3.05, 3.63) is 57.6 Å². The average Bonchev–Trinajstić information content (AvgIpc) is 2.56. The third-order valence-electron chi connectivity index (χ3n) is 3.35. The average molecular weight is 412 g/mol. The van der Waals surface area contributed by atoms with Crippen molar-refractivity contribution in [1.29, 1.82) is 0 Å². The van der Waals surface area contributed by atoms with Gasteiger partial charge >= 0.3 is 5.97 Å². The fraction of sp³-hybridized carbons (Fsp3) is 0.167. The van der Waals surface area contributed by atoms with E-state index in [1.807, 2.05) is 0 Å². The Kier molecular flexibility index (Phi) is 6.54. The Labute approximate surface area is 162 Å². The van der Waals surface area contributed by atoms with Gasteiger partial charge in [-0.05, 0) is 48.9 Å². The van der Waals surface area contributed by atoms with Crippen LogP contribution in [0.15, 0.2) is 41.3 Å². The van der Waals surface area contributed by atoms with Crippen LogP contribution in [0.4, 0.5) is 5.69 Å². The van der Waals surface area contributed by atoms with Gasteiger partial charge in [-0.3, -0.25) is 9.52 Å². The summed E-state index contributed by atoms with van der Waals surface area (Å²) in [5, 5.41) is 9.50. The zero-order valence-corrected chi connectivity index (χ0v) is 16.0. The highest BCUT2D eigenvalue weighted by Crippen LogP contribution is 2.25. The number of aliphatic carboxylic acids is 1. The number of aryl methyl sites for hydroxylation is 1. The molecule has 0 aliphatic heterocycles. The van der Waals surface area contributed by atoms with E-state index in [-0.39, 0.29) is 23.4 Å². The van der Waals surface area contributed by atoms with Crippen LogP contribution < -0.4 is 4.72 Å². The summed E-state index contributed by atoms with van der Waals surface area (Å²) in [6.07, 6.45) is 0.0447. The van der Waals surface area contributed by atoms with E-state index in [1.54, 1.807) is 6.92 Å². The van der Waals surface area contributed by atoms with Crippen molar-refractivity contribution in [1.82, 2.24) is 0 Å². The maximum absolute atomic E-state index is 12.6. The van der Waals surface area contributed by atoms with Gasteiger partial charge in [0.1, 0.15) is 0 Å². The third kappa shape index (κ3) is 5.40. The summed E-state index contributed by atoms with van der Waals surface area (Å²) in [5.41, 5.74) is 1.25. The molecule has 0 saturated carbocycles. The number of hydrogen-bond acceptors (Lipinski definition) is 3. The van der Waals surface area contributed by atoms with E-state index in [0.717, 1.165) is 0 Å². The van der Waals surface area contributed by atoms with Crippen LogP contribution in [-0.4, -0.2) is 19.5 Å². The van der Waals surface area contributed by atoms with Gasteiger partial charge in [-0.15, -0.1) is 0 Å². The number of sulfonamides is 1. The third-order valence-corrected chi connectivity index (χ3v) is 5.37. The number of anilines is 1. The molecule has 0 spiro atoms. The Hall–Kier alpha value is -2.20. The zero-order valence-electron chi connectivity index (χ0n) is 13.7. The molecule has 0 aromatic heterocycles. The van der Waals surface area contributed by atoms with Crippen LogP contribution in [0.25, 0.3) is 0 Å². The molecule has 0 fully saturated rings. The maximum atomic E-state index is 12.6. The molecule has 0 amide bonds. The van der Waals surface area contributed by atoms with Crippen molar-refractivity contribution < 1.29 is 18.3 Å². The van der Waals surface area contributed by atoms with E-state index in [0.29, 0.717) is 21.2 Å². The lowest BCUT2D eigenvalue weighted by atomic mass is 10.2. The predicted molar refractivity (Wildman–Crippen MR) is 102 cm³/mol. The topological polar surface area (TPSA) is 83.5 Å². The number of hydrogen-bond donors (Lipinski definition) is 2. The largest absolute Gasteiger partial charge is 0.481 e. The Morgan fingerprint density at radius 3 is 2.58 bits per heavy atom. The minimum absolute atomic E-state index is 0.0686. The minimum Gasteiger partial charge on any atom is -0.481 e. The maximum Gasteiger partial charge on any atom is 0.304 e. The van der Waals surface area contributed by atoms with Gasteiger partial charge in [-0.25, -0.2) is 8.42 Å². The van der Waals surface area contributed by atoms with Gasteiger partial charge in [0, 0.05) is 16.5 Å². The van der Waals surface area contributed by atoms with Crippen LogP contribution in [0.3, 0.4) is 0 Å². The van der Waals surface area contributed by atoms with Gasteiger partial charge in [0.15, 0.2) is 0 Å². The minimum atomic E-state index is -3.85. The first-order valence-corrected chi connectivity index (χ1v) is 9.72. The van der Waals surface area contributed by atoms with Crippen LogP contribution >= 0.6 is 23.2 Å². The molecule has 0 bridgehead atoms. The molecule has 0 saturated heterocycles.